The fourth-order valence-electron chi connectivity index (χ4n) is 2.18. The van der Waals surface area contributed by atoms with E-state index in [9.17, 15) is 0 Å². The largest absolute Gasteiger partial charge is 0.473 e. The van der Waals surface area contributed by atoms with Crippen molar-refractivity contribution >= 4 is 17.4 Å². The molecule has 2 rings (SSSR count). The standard InChI is InChI=1S/C15H24N2OS/c1-11(2)18-14-12(6-5-8-16-14)17-13-10-19-9-7-15(13,3)4/h5-6,8,11,13,17H,7,9-10H2,1-4H3. The second kappa shape index (κ2) is 6.04. The third kappa shape index (κ3) is 3.78. The first-order chi connectivity index (χ1) is 8.99. The van der Waals surface area contributed by atoms with Crippen LogP contribution in [0.1, 0.15) is 34.1 Å². The first-order valence-corrected chi connectivity index (χ1v) is 8.10. The molecule has 0 amide bonds. The lowest BCUT2D eigenvalue weighted by atomic mass is 9.82. The van der Waals surface area contributed by atoms with E-state index in [1.165, 1.54) is 12.2 Å². The van der Waals surface area contributed by atoms with Crippen LogP contribution in [0.4, 0.5) is 5.69 Å². The maximum Gasteiger partial charge on any atom is 0.237 e. The van der Waals surface area contributed by atoms with Crippen LogP contribution in [0.25, 0.3) is 0 Å². The van der Waals surface area contributed by atoms with Gasteiger partial charge in [-0.15, -0.1) is 0 Å². The molecule has 0 saturated carbocycles. The molecule has 1 aliphatic rings. The summed E-state index contributed by atoms with van der Waals surface area (Å²) in [5, 5.41) is 3.64. The Morgan fingerprint density at radius 3 is 2.95 bits per heavy atom. The van der Waals surface area contributed by atoms with Gasteiger partial charge >= 0.3 is 0 Å². The molecule has 1 fully saturated rings. The highest BCUT2D eigenvalue weighted by atomic mass is 32.2. The van der Waals surface area contributed by atoms with Crippen molar-refractivity contribution in [2.75, 3.05) is 16.8 Å². The van der Waals surface area contributed by atoms with E-state index < -0.39 is 0 Å². The molecule has 2 heterocycles. The van der Waals surface area contributed by atoms with Crippen molar-refractivity contribution in [3.05, 3.63) is 18.3 Å². The van der Waals surface area contributed by atoms with Gasteiger partial charge in [0.15, 0.2) is 0 Å². The first-order valence-electron chi connectivity index (χ1n) is 6.95. The highest BCUT2D eigenvalue weighted by Crippen LogP contribution is 2.37. The molecular formula is C15H24N2OS. The predicted molar refractivity (Wildman–Crippen MR) is 83.1 cm³/mol. The number of thioether (sulfide) groups is 1. The molecule has 1 aromatic heterocycles. The summed E-state index contributed by atoms with van der Waals surface area (Å²) in [5.41, 5.74) is 1.33. The number of nitrogens with zero attached hydrogens (tertiary/aromatic N) is 1. The molecule has 0 aliphatic carbocycles. The second-order valence-electron chi connectivity index (χ2n) is 6.03. The summed E-state index contributed by atoms with van der Waals surface area (Å²) < 4.78 is 5.77. The molecular weight excluding hydrogens is 256 g/mol. The number of pyridine rings is 1. The van der Waals surface area contributed by atoms with Gasteiger partial charge < -0.3 is 10.1 Å². The normalized spacial score (nSPS) is 22.3. The van der Waals surface area contributed by atoms with E-state index in [0.29, 0.717) is 17.3 Å². The fourth-order valence-corrected chi connectivity index (χ4v) is 3.79. The van der Waals surface area contributed by atoms with E-state index in [0.717, 1.165) is 11.4 Å². The molecule has 0 spiro atoms. The Labute approximate surface area is 120 Å². The molecule has 4 heteroatoms. The van der Waals surface area contributed by atoms with Crippen LogP contribution in [0.2, 0.25) is 0 Å². The molecule has 0 radical (unpaired) electrons. The summed E-state index contributed by atoms with van der Waals surface area (Å²) in [7, 11) is 0. The van der Waals surface area contributed by atoms with Gasteiger partial charge in [0, 0.05) is 18.0 Å². The molecule has 1 unspecified atom stereocenters. The van der Waals surface area contributed by atoms with Crippen LogP contribution in [0.5, 0.6) is 5.88 Å². The van der Waals surface area contributed by atoms with Gasteiger partial charge in [-0.3, -0.25) is 0 Å². The second-order valence-corrected chi connectivity index (χ2v) is 7.18. The van der Waals surface area contributed by atoms with Crippen LogP contribution in [0.3, 0.4) is 0 Å². The lowest BCUT2D eigenvalue weighted by Gasteiger charge is -2.39. The van der Waals surface area contributed by atoms with Gasteiger partial charge in [0.05, 0.1) is 11.8 Å². The van der Waals surface area contributed by atoms with Gasteiger partial charge in [0.2, 0.25) is 5.88 Å². The van der Waals surface area contributed by atoms with Gasteiger partial charge in [-0.05, 0) is 43.6 Å². The third-order valence-electron chi connectivity index (χ3n) is 3.57. The van der Waals surface area contributed by atoms with Crippen LogP contribution >= 0.6 is 11.8 Å². The van der Waals surface area contributed by atoms with Crippen LogP contribution < -0.4 is 10.1 Å². The molecule has 19 heavy (non-hydrogen) atoms. The van der Waals surface area contributed by atoms with Crippen LogP contribution in [0.15, 0.2) is 18.3 Å². The smallest absolute Gasteiger partial charge is 0.237 e. The Hall–Kier alpha value is -0.900. The zero-order chi connectivity index (χ0) is 13.9. The topological polar surface area (TPSA) is 34.1 Å². The summed E-state index contributed by atoms with van der Waals surface area (Å²) in [6.07, 6.45) is 3.17. The third-order valence-corrected chi connectivity index (χ3v) is 4.63. The molecule has 0 bridgehead atoms. The van der Waals surface area contributed by atoms with Crippen molar-refractivity contribution in [2.45, 2.75) is 46.3 Å². The van der Waals surface area contributed by atoms with Gasteiger partial charge in [0.25, 0.3) is 0 Å². The van der Waals surface area contributed by atoms with Crippen LogP contribution in [-0.2, 0) is 0 Å². The van der Waals surface area contributed by atoms with Crippen molar-refractivity contribution in [3.63, 3.8) is 0 Å². The lowest BCUT2D eigenvalue weighted by Crippen LogP contribution is -2.41. The van der Waals surface area contributed by atoms with E-state index in [2.05, 4.69) is 30.2 Å². The lowest BCUT2D eigenvalue weighted by molar-refractivity contribution is 0.233. The summed E-state index contributed by atoms with van der Waals surface area (Å²) >= 11 is 2.02. The molecule has 3 nitrogen and oxygen atoms in total. The van der Waals surface area contributed by atoms with E-state index >= 15 is 0 Å². The minimum atomic E-state index is 0.143. The maximum absolute atomic E-state index is 5.77. The van der Waals surface area contributed by atoms with Gasteiger partial charge in [-0.25, -0.2) is 4.98 Å². The minimum absolute atomic E-state index is 0.143. The van der Waals surface area contributed by atoms with Crippen molar-refractivity contribution in [1.29, 1.82) is 0 Å². The highest BCUT2D eigenvalue weighted by molar-refractivity contribution is 7.99. The Morgan fingerprint density at radius 1 is 1.47 bits per heavy atom. The van der Waals surface area contributed by atoms with Crippen molar-refractivity contribution in [1.82, 2.24) is 4.98 Å². The number of anilines is 1. The zero-order valence-corrected chi connectivity index (χ0v) is 13.1. The fraction of sp³-hybridized carbons (Fsp3) is 0.667. The molecule has 1 aromatic rings. The van der Waals surface area contributed by atoms with Crippen molar-refractivity contribution in [3.8, 4) is 5.88 Å². The maximum atomic E-state index is 5.77. The molecule has 106 valence electrons. The van der Waals surface area contributed by atoms with Crippen LogP contribution in [-0.4, -0.2) is 28.6 Å². The van der Waals surface area contributed by atoms with Crippen molar-refractivity contribution < 1.29 is 4.74 Å². The number of ether oxygens (including phenoxy) is 1. The summed E-state index contributed by atoms with van der Waals surface area (Å²) in [5.74, 6) is 3.11. The Balaban J connectivity index is 2.13. The van der Waals surface area contributed by atoms with E-state index in [1.807, 2.05) is 31.7 Å². The molecule has 0 aromatic carbocycles. The Bertz CT molecular complexity index is 420. The molecule has 1 atom stereocenters. The van der Waals surface area contributed by atoms with Gasteiger partial charge in [0.1, 0.15) is 0 Å². The van der Waals surface area contributed by atoms with Crippen LogP contribution in [0, 0.1) is 5.41 Å². The average Bonchev–Trinajstić information content (AvgIpc) is 2.33. The molecule has 1 N–H and O–H groups in total. The van der Waals surface area contributed by atoms with E-state index in [-0.39, 0.29) is 6.10 Å². The molecule has 1 aliphatic heterocycles. The van der Waals surface area contributed by atoms with Gasteiger partial charge in [-0.2, -0.15) is 11.8 Å². The van der Waals surface area contributed by atoms with E-state index in [4.69, 9.17) is 4.74 Å². The summed E-state index contributed by atoms with van der Waals surface area (Å²) in [6, 6.07) is 4.48. The van der Waals surface area contributed by atoms with E-state index in [1.54, 1.807) is 6.20 Å². The number of hydrogen-bond acceptors (Lipinski definition) is 4. The van der Waals surface area contributed by atoms with Gasteiger partial charge in [-0.1, -0.05) is 13.8 Å². The number of hydrogen-bond donors (Lipinski definition) is 1. The highest BCUT2D eigenvalue weighted by Gasteiger charge is 2.33. The Morgan fingerprint density at radius 2 is 2.26 bits per heavy atom. The summed E-state index contributed by atoms with van der Waals surface area (Å²) in [6.45, 7) is 8.73. The molecule has 1 saturated heterocycles. The number of nitrogens with one attached hydrogen (secondary N) is 1. The number of aromatic nitrogens is 1. The minimum Gasteiger partial charge on any atom is -0.473 e. The summed E-state index contributed by atoms with van der Waals surface area (Å²) in [4.78, 5) is 4.34. The zero-order valence-electron chi connectivity index (χ0n) is 12.3. The SMILES string of the molecule is CC(C)Oc1ncccc1NC1CSCCC1(C)C. The van der Waals surface area contributed by atoms with Crippen molar-refractivity contribution in [2.24, 2.45) is 5.41 Å². The first kappa shape index (κ1) is 14.5. The number of rotatable bonds is 4. The predicted octanol–water partition coefficient (Wildman–Crippen LogP) is 3.81. The average molecular weight is 280 g/mol. The monoisotopic (exact) mass is 280 g/mol. The Kier molecular flexibility index (Phi) is 4.61. The quantitative estimate of drug-likeness (QED) is 0.909.